The van der Waals surface area contributed by atoms with Crippen molar-refractivity contribution in [2.45, 2.75) is 0 Å². The van der Waals surface area contributed by atoms with Gasteiger partial charge in [-0.25, -0.2) is 4.98 Å². The van der Waals surface area contributed by atoms with E-state index in [9.17, 15) is 4.79 Å². The summed E-state index contributed by atoms with van der Waals surface area (Å²) in [7, 11) is 0. The summed E-state index contributed by atoms with van der Waals surface area (Å²) in [4.78, 5) is 16.9. The van der Waals surface area contributed by atoms with Crippen LogP contribution in [0.25, 0.3) is 0 Å². The van der Waals surface area contributed by atoms with Gasteiger partial charge >= 0.3 is 0 Å². The monoisotopic (exact) mass is 174 g/mol. The molecule has 3 nitrogen and oxygen atoms in total. The van der Waals surface area contributed by atoms with Crippen molar-refractivity contribution in [2.24, 2.45) is 0 Å². The van der Waals surface area contributed by atoms with Gasteiger partial charge in [0.2, 0.25) is 0 Å². The van der Waals surface area contributed by atoms with Gasteiger partial charge in [0.15, 0.2) is 6.29 Å². The zero-order valence-electron chi connectivity index (χ0n) is 7.23. The molecule has 0 bridgehead atoms. The molecule has 0 radical (unpaired) electrons. The number of aromatic nitrogens is 1. The van der Waals surface area contributed by atoms with Crippen LogP contribution in [0.2, 0.25) is 0 Å². The van der Waals surface area contributed by atoms with Gasteiger partial charge in [0.1, 0.15) is 5.82 Å². The van der Waals surface area contributed by atoms with E-state index in [2.05, 4.69) is 11.6 Å². The van der Waals surface area contributed by atoms with Crippen molar-refractivity contribution >= 4 is 12.1 Å². The third-order valence-corrected chi connectivity index (χ3v) is 2.07. The summed E-state index contributed by atoms with van der Waals surface area (Å²) in [6.07, 6.45) is 2.53. The zero-order chi connectivity index (χ0) is 9.26. The van der Waals surface area contributed by atoms with Crippen LogP contribution in [0.4, 0.5) is 5.82 Å². The van der Waals surface area contributed by atoms with E-state index in [0.717, 1.165) is 25.2 Å². The van der Waals surface area contributed by atoms with Crippen LogP contribution < -0.4 is 4.90 Å². The summed E-state index contributed by atoms with van der Waals surface area (Å²) in [5.41, 5.74) is 1.83. The molecule has 0 amide bonds. The Morgan fingerprint density at radius 1 is 1.54 bits per heavy atom. The van der Waals surface area contributed by atoms with Crippen LogP contribution in [-0.4, -0.2) is 24.4 Å². The second kappa shape index (κ2) is 3.01. The van der Waals surface area contributed by atoms with Crippen molar-refractivity contribution in [3.05, 3.63) is 36.0 Å². The first-order valence-corrected chi connectivity index (χ1v) is 4.13. The van der Waals surface area contributed by atoms with Crippen molar-refractivity contribution in [1.82, 2.24) is 4.98 Å². The normalized spacial score (nSPS) is 15.4. The van der Waals surface area contributed by atoms with Gasteiger partial charge in [0.25, 0.3) is 0 Å². The van der Waals surface area contributed by atoms with Gasteiger partial charge in [-0.2, -0.15) is 0 Å². The molecule has 0 N–H and O–H groups in total. The second-order valence-electron chi connectivity index (χ2n) is 3.14. The fourth-order valence-electron chi connectivity index (χ4n) is 1.41. The molecule has 0 spiro atoms. The Morgan fingerprint density at radius 2 is 2.31 bits per heavy atom. The highest BCUT2D eigenvalue weighted by Crippen LogP contribution is 2.22. The Balaban J connectivity index is 2.29. The lowest BCUT2D eigenvalue weighted by atomic mass is 10.1. The fourth-order valence-corrected chi connectivity index (χ4v) is 1.41. The summed E-state index contributed by atoms with van der Waals surface area (Å²) in [5.74, 6) is 0.768. The van der Waals surface area contributed by atoms with E-state index >= 15 is 0 Å². The molecule has 1 aliphatic heterocycles. The minimum Gasteiger partial charge on any atom is -0.348 e. The smallest absolute Gasteiger partial charge is 0.153 e. The molecule has 0 aliphatic carbocycles. The molecule has 0 atom stereocenters. The van der Waals surface area contributed by atoms with E-state index in [0.29, 0.717) is 5.56 Å². The molecule has 0 unspecified atom stereocenters. The van der Waals surface area contributed by atoms with Crippen LogP contribution in [0, 0.1) is 0 Å². The highest BCUT2D eigenvalue weighted by atomic mass is 16.1. The summed E-state index contributed by atoms with van der Waals surface area (Å²) in [5, 5.41) is 0. The summed E-state index contributed by atoms with van der Waals surface area (Å²) < 4.78 is 0. The van der Waals surface area contributed by atoms with E-state index in [1.807, 2.05) is 4.90 Å². The number of rotatable bonds is 2. The van der Waals surface area contributed by atoms with Gasteiger partial charge in [-0.15, -0.1) is 0 Å². The zero-order valence-corrected chi connectivity index (χ0v) is 7.23. The topological polar surface area (TPSA) is 33.2 Å². The second-order valence-corrected chi connectivity index (χ2v) is 3.14. The van der Waals surface area contributed by atoms with Gasteiger partial charge in [-0.3, -0.25) is 4.79 Å². The molecule has 1 aromatic rings. The number of pyridine rings is 1. The number of aldehydes is 1. The molecule has 1 aromatic heterocycles. The van der Waals surface area contributed by atoms with Gasteiger partial charge in [-0.1, -0.05) is 6.58 Å². The molecule has 66 valence electrons. The van der Waals surface area contributed by atoms with Crippen LogP contribution >= 0.6 is 0 Å². The predicted molar refractivity (Wildman–Crippen MR) is 51.0 cm³/mol. The van der Waals surface area contributed by atoms with E-state index in [-0.39, 0.29) is 0 Å². The van der Waals surface area contributed by atoms with Crippen LogP contribution in [0.15, 0.2) is 30.5 Å². The molecule has 1 aliphatic rings. The average Bonchev–Trinajstić information content (AvgIpc) is 2.13. The number of anilines is 1. The first kappa shape index (κ1) is 7.98. The SMILES string of the molecule is C=C1CN(c2ncccc2C=O)C1. The number of hydrogen-bond donors (Lipinski definition) is 0. The largest absolute Gasteiger partial charge is 0.348 e. The maximum Gasteiger partial charge on any atom is 0.153 e. The summed E-state index contributed by atoms with van der Waals surface area (Å²) >= 11 is 0. The summed E-state index contributed by atoms with van der Waals surface area (Å²) in [6, 6.07) is 3.54. The predicted octanol–water partition coefficient (Wildman–Crippen LogP) is 1.27. The Morgan fingerprint density at radius 3 is 2.92 bits per heavy atom. The standard InChI is InChI=1S/C10H10N2O/c1-8-5-12(6-8)10-9(7-13)3-2-4-11-10/h2-4,7H,1,5-6H2. The van der Waals surface area contributed by atoms with E-state index < -0.39 is 0 Å². The third-order valence-electron chi connectivity index (χ3n) is 2.07. The highest BCUT2D eigenvalue weighted by molar-refractivity contribution is 5.83. The van der Waals surface area contributed by atoms with Crippen LogP contribution in [0.1, 0.15) is 10.4 Å². The van der Waals surface area contributed by atoms with Gasteiger partial charge < -0.3 is 4.90 Å². The lowest BCUT2D eigenvalue weighted by Crippen LogP contribution is -2.40. The van der Waals surface area contributed by atoms with E-state index in [4.69, 9.17) is 0 Å². The van der Waals surface area contributed by atoms with Gasteiger partial charge in [0.05, 0.1) is 5.56 Å². The summed E-state index contributed by atoms with van der Waals surface area (Å²) in [6.45, 7) is 5.47. The van der Waals surface area contributed by atoms with Crippen molar-refractivity contribution in [1.29, 1.82) is 0 Å². The lowest BCUT2D eigenvalue weighted by Gasteiger charge is -2.34. The fraction of sp³-hybridized carbons (Fsp3) is 0.200. The number of nitrogens with zero attached hydrogens (tertiary/aromatic N) is 2. The van der Waals surface area contributed by atoms with Crippen LogP contribution in [0.3, 0.4) is 0 Å². The van der Waals surface area contributed by atoms with Crippen molar-refractivity contribution in [2.75, 3.05) is 18.0 Å². The van der Waals surface area contributed by atoms with Crippen molar-refractivity contribution < 1.29 is 4.79 Å². The quantitative estimate of drug-likeness (QED) is 0.500. The third kappa shape index (κ3) is 1.33. The molecular weight excluding hydrogens is 164 g/mol. The molecule has 3 heteroatoms. The number of carbonyl (C=O) groups is 1. The van der Waals surface area contributed by atoms with Gasteiger partial charge in [0, 0.05) is 19.3 Å². The average molecular weight is 174 g/mol. The van der Waals surface area contributed by atoms with Crippen LogP contribution in [0.5, 0.6) is 0 Å². The van der Waals surface area contributed by atoms with E-state index in [1.54, 1.807) is 18.3 Å². The molecule has 2 rings (SSSR count). The Labute approximate surface area is 76.7 Å². The van der Waals surface area contributed by atoms with Crippen molar-refractivity contribution in [3.8, 4) is 0 Å². The first-order valence-electron chi connectivity index (χ1n) is 4.13. The first-order chi connectivity index (χ1) is 6.31. The van der Waals surface area contributed by atoms with Crippen molar-refractivity contribution in [3.63, 3.8) is 0 Å². The van der Waals surface area contributed by atoms with E-state index in [1.165, 1.54) is 5.57 Å². The minimum atomic E-state index is 0.648. The highest BCUT2D eigenvalue weighted by Gasteiger charge is 2.21. The Bertz CT molecular complexity index is 352. The minimum absolute atomic E-state index is 0.648. The molecule has 0 saturated carbocycles. The molecule has 13 heavy (non-hydrogen) atoms. The molecule has 1 fully saturated rings. The lowest BCUT2D eigenvalue weighted by molar-refractivity contribution is 0.112. The number of hydrogen-bond acceptors (Lipinski definition) is 3. The van der Waals surface area contributed by atoms with Crippen LogP contribution in [-0.2, 0) is 0 Å². The van der Waals surface area contributed by atoms with Gasteiger partial charge in [-0.05, 0) is 17.7 Å². The maximum atomic E-state index is 10.7. The molecule has 1 saturated heterocycles. The Kier molecular flexibility index (Phi) is 1.85. The molecule has 2 heterocycles. The molecule has 0 aromatic carbocycles. The maximum absolute atomic E-state index is 10.7. The number of carbonyl (C=O) groups excluding carboxylic acids is 1. The Hall–Kier alpha value is -1.64. The molecular formula is C10H10N2O.